The molecule has 0 saturated carbocycles. The van der Waals surface area contributed by atoms with Crippen LogP contribution in [-0.2, 0) is 13.0 Å². The van der Waals surface area contributed by atoms with Crippen molar-refractivity contribution in [3.05, 3.63) is 87.1 Å². The van der Waals surface area contributed by atoms with Crippen LogP contribution in [0, 0.1) is 6.92 Å². The van der Waals surface area contributed by atoms with Gasteiger partial charge in [-0.1, -0.05) is 25.4 Å². The Morgan fingerprint density at radius 2 is 1.86 bits per heavy atom. The molecular formula is C30H34ClN2O3+. The highest BCUT2D eigenvalue weighted by atomic mass is 35.5. The van der Waals surface area contributed by atoms with Gasteiger partial charge < -0.3 is 24.5 Å². The second-order valence-electron chi connectivity index (χ2n) is 9.83. The molecule has 3 aromatic carbocycles. The first-order valence-electron chi connectivity index (χ1n) is 12.5. The van der Waals surface area contributed by atoms with Crippen molar-refractivity contribution in [1.29, 1.82) is 0 Å². The molecule has 6 heteroatoms. The summed E-state index contributed by atoms with van der Waals surface area (Å²) in [5.74, 6) is 2.89. The average molecular weight is 506 g/mol. The number of halogens is 1. The first-order chi connectivity index (χ1) is 17.4. The number of ether oxygens (including phenoxy) is 3. The maximum absolute atomic E-state index is 6.40. The smallest absolute Gasteiger partial charge is 0.153 e. The van der Waals surface area contributed by atoms with E-state index in [-0.39, 0.29) is 6.04 Å². The van der Waals surface area contributed by atoms with Crippen molar-refractivity contribution in [2.45, 2.75) is 45.8 Å². The molecule has 0 spiro atoms. The SMILES string of the molecule is COc1ccc2[nH]c3c(c2c1)CC[NH2+][C@H]3c1ccc(OC)c(COc2cc(C)c(Cl)cc2C(C)C)c1. The number of aromatic amines is 1. The lowest BCUT2D eigenvalue weighted by Gasteiger charge is -2.23. The van der Waals surface area contributed by atoms with Gasteiger partial charge in [-0.3, -0.25) is 0 Å². The summed E-state index contributed by atoms with van der Waals surface area (Å²) in [6.07, 6.45) is 1.03. The lowest BCUT2D eigenvalue weighted by molar-refractivity contribution is -0.690. The fraction of sp³-hybridized carbons (Fsp3) is 0.333. The van der Waals surface area contributed by atoms with Crippen LogP contribution in [0.15, 0.2) is 48.5 Å². The van der Waals surface area contributed by atoms with E-state index in [0.717, 1.165) is 57.4 Å². The number of aromatic nitrogens is 1. The van der Waals surface area contributed by atoms with Gasteiger partial charge in [-0.05, 0) is 78.1 Å². The number of fused-ring (bicyclic) bond motifs is 3. The highest BCUT2D eigenvalue weighted by Crippen LogP contribution is 2.36. The van der Waals surface area contributed by atoms with E-state index in [9.17, 15) is 0 Å². The Bertz CT molecular complexity index is 1410. The predicted molar refractivity (Wildman–Crippen MR) is 145 cm³/mol. The second-order valence-corrected chi connectivity index (χ2v) is 10.2. The van der Waals surface area contributed by atoms with Crippen molar-refractivity contribution in [2.24, 2.45) is 0 Å². The molecule has 4 aromatic rings. The number of nitrogens with two attached hydrogens (primary N) is 1. The van der Waals surface area contributed by atoms with Crippen LogP contribution in [0.4, 0.5) is 0 Å². The first-order valence-corrected chi connectivity index (χ1v) is 12.9. The van der Waals surface area contributed by atoms with E-state index in [0.29, 0.717) is 12.5 Å². The molecule has 2 heterocycles. The summed E-state index contributed by atoms with van der Waals surface area (Å²) in [6.45, 7) is 7.76. The number of nitrogens with one attached hydrogen (secondary N) is 1. The molecule has 1 aliphatic heterocycles. The fourth-order valence-electron chi connectivity index (χ4n) is 5.23. The maximum atomic E-state index is 6.40. The van der Waals surface area contributed by atoms with Crippen molar-refractivity contribution in [3.8, 4) is 17.2 Å². The third kappa shape index (κ3) is 4.54. The monoisotopic (exact) mass is 505 g/mol. The molecule has 1 aliphatic rings. The van der Waals surface area contributed by atoms with Crippen molar-refractivity contribution < 1.29 is 19.5 Å². The molecule has 0 unspecified atom stereocenters. The molecule has 0 bridgehead atoms. The molecule has 0 radical (unpaired) electrons. The molecule has 5 rings (SSSR count). The van der Waals surface area contributed by atoms with E-state index >= 15 is 0 Å². The zero-order chi connectivity index (χ0) is 25.4. The van der Waals surface area contributed by atoms with Gasteiger partial charge in [0.2, 0.25) is 0 Å². The van der Waals surface area contributed by atoms with E-state index in [1.165, 1.54) is 22.2 Å². The van der Waals surface area contributed by atoms with Gasteiger partial charge in [-0.25, -0.2) is 0 Å². The molecule has 1 aromatic heterocycles. The van der Waals surface area contributed by atoms with E-state index in [2.05, 4.69) is 54.5 Å². The summed E-state index contributed by atoms with van der Waals surface area (Å²) in [5, 5.41) is 4.42. The van der Waals surface area contributed by atoms with Crippen LogP contribution in [0.1, 0.15) is 59.3 Å². The number of rotatable bonds is 7. The number of quaternary nitrogens is 1. The average Bonchev–Trinajstić information content (AvgIpc) is 3.26. The summed E-state index contributed by atoms with van der Waals surface area (Å²) in [4.78, 5) is 3.69. The molecule has 188 valence electrons. The number of aryl methyl sites for hydroxylation is 1. The summed E-state index contributed by atoms with van der Waals surface area (Å²) in [6, 6.07) is 16.9. The number of hydrogen-bond donors (Lipinski definition) is 2. The maximum Gasteiger partial charge on any atom is 0.153 e. The zero-order valence-electron chi connectivity index (χ0n) is 21.6. The molecule has 0 saturated heterocycles. The van der Waals surface area contributed by atoms with E-state index in [1.54, 1.807) is 14.2 Å². The van der Waals surface area contributed by atoms with Crippen molar-refractivity contribution in [1.82, 2.24) is 4.98 Å². The van der Waals surface area contributed by atoms with Crippen LogP contribution in [0.5, 0.6) is 17.2 Å². The second kappa shape index (κ2) is 10.1. The topological polar surface area (TPSA) is 60.1 Å². The Balaban J connectivity index is 1.48. The summed E-state index contributed by atoms with van der Waals surface area (Å²) < 4.78 is 17.6. The standard InChI is InChI=1S/C30H33ClN2O3/c1-17(2)23-15-25(31)18(3)12-28(23)36-16-20-13-19(6-9-27(20)35-5)29-30-22(10-11-32-29)24-14-21(34-4)7-8-26(24)33-30/h6-9,12-15,17,29,32-33H,10-11,16H2,1-5H3/p+1/t29-/m0/s1. The first kappa shape index (κ1) is 24.5. The highest BCUT2D eigenvalue weighted by Gasteiger charge is 2.29. The van der Waals surface area contributed by atoms with E-state index in [1.807, 2.05) is 25.1 Å². The quantitative estimate of drug-likeness (QED) is 0.321. The van der Waals surface area contributed by atoms with Gasteiger partial charge in [0, 0.05) is 33.5 Å². The van der Waals surface area contributed by atoms with Crippen LogP contribution in [0.3, 0.4) is 0 Å². The van der Waals surface area contributed by atoms with Gasteiger partial charge in [0.05, 0.1) is 26.5 Å². The van der Waals surface area contributed by atoms with Gasteiger partial charge in [-0.2, -0.15) is 0 Å². The van der Waals surface area contributed by atoms with Gasteiger partial charge in [-0.15, -0.1) is 0 Å². The van der Waals surface area contributed by atoms with Crippen LogP contribution in [0.25, 0.3) is 10.9 Å². The van der Waals surface area contributed by atoms with Crippen LogP contribution < -0.4 is 19.5 Å². The third-order valence-electron chi connectivity index (χ3n) is 7.21. The Hall–Kier alpha value is -3.15. The van der Waals surface area contributed by atoms with Crippen LogP contribution in [-0.4, -0.2) is 25.7 Å². The predicted octanol–water partition coefficient (Wildman–Crippen LogP) is 6.06. The van der Waals surface area contributed by atoms with Gasteiger partial charge >= 0.3 is 0 Å². The lowest BCUT2D eigenvalue weighted by atomic mass is 9.93. The van der Waals surface area contributed by atoms with E-state index in [4.69, 9.17) is 25.8 Å². The largest absolute Gasteiger partial charge is 0.497 e. The number of hydrogen-bond acceptors (Lipinski definition) is 3. The normalized spacial score (nSPS) is 15.2. The third-order valence-corrected chi connectivity index (χ3v) is 7.62. The van der Waals surface area contributed by atoms with Crippen LogP contribution >= 0.6 is 11.6 Å². The van der Waals surface area contributed by atoms with E-state index < -0.39 is 0 Å². The van der Waals surface area contributed by atoms with Gasteiger partial charge in [0.1, 0.15) is 23.9 Å². The molecule has 5 nitrogen and oxygen atoms in total. The Morgan fingerprint density at radius 1 is 1.03 bits per heavy atom. The summed E-state index contributed by atoms with van der Waals surface area (Å²) >= 11 is 6.40. The molecule has 0 aliphatic carbocycles. The molecule has 36 heavy (non-hydrogen) atoms. The molecule has 3 N–H and O–H groups in total. The summed E-state index contributed by atoms with van der Waals surface area (Å²) in [5.41, 5.74) is 8.16. The molecule has 0 amide bonds. The Morgan fingerprint density at radius 3 is 2.61 bits per heavy atom. The zero-order valence-corrected chi connectivity index (χ0v) is 22.3. The van der Waals surface area contributed by atoms with Gasteiger partial charge in [0.25, 0.3) is 0 Å². The van der Waals surface area contributed by atoms with Crippen molar-refractivity contribution >= 4 is 22.5 Å². The minimum Gasteiger partial charge on any atom is -0.497 e. The van der Waals surface area contributed by atoms with Crippen molar-refractivity contribution in [3.63, 3.8) is 0 Å². The number of benzene rings is 3. The minimum absolute atomic E-state index is 0.181. The molecule has 1 atom stereocenters. The number of methoxy groups -OCH3 is 2. The highest BCUT2D eigenvalue weighted by molar-refractivity contribution is 6.31. The Labute approximate surface area is 217 Å². The fourth-order valence-corrected chi connectivity index (χ4v) is 5.40. The minimum atomic E-state index is 0.181. The van der Waals surface area contributed by atoms with Crippen molar-refractivity contribution in [2.75, 3.05) is 20.8 Å². The van der Waals surface area contributed by atoms with Gasteiger partial charge in [0.15, 0.2) is 6.04 Å². The van der Waals surface area contributed by atoms with Crippen LogP contribution in [0.2, 0.25) is 5.02 Å². The Kier molecular flexibility index (Phi) is 6.87. The lowest BCUT2D eigenvalue weighted by Crippen LogP contribution is -2.87. The number of H-pyrrole nitrogens is 1. The summed E-state index contributed by atoms with van der Waals surface area (Å²) in [7, 11) is 3.42. The molecular weight excluding hydrogens is 472 g/mol. The molecule has 0 fully saturated rings.